The zero-order chi connectivity index (χ0) is 12.3. The number of carboxylic acid groups (broad SMARTS) is 1. The fourth-order valence-corrected chi connectivity index (χ4v) is 2.03. The Balaban J connectivity index is 2.21. The van der Waals surface area contributed by atoms with Crippen molar-refractivity contribution >= 4 is 29.3 Å². The molecule has 0 aromatic carbocycles. The van der Waals surface area contributed by atoms with Crippen molar-refractivity contribution in [2.45, 2.75) is 9.92 Å². The summed E-state index contributed by atoms with van der Waals surface area (Å²) in [6.07, 6.45) is 3.00. The largest absolute Gasteiger partial charge is 0.477 e. The van der Waals surface area contributed by atoms with Crippen molar-refractivity contribution in [3.63, 3.8) is 0 Å². The Morgan fingerprint density at radius 3 is 2.76 bits per heavy atom. The van der Waals surface area contributed by atoms with Gasteiger partial charge in [0.1, 0.15) is 10.7 Å². The third kappa shape index (κ3) is 3.18. The number of pyridine rings is 2. The van der Waals surface area contributed by atoms with Gasteiger partial charge in [0.15, 0.2) is 0 Å². The van der Waals surface area contributed by atoms with Crippen LogP contribution >= 0.6 is 23.4 Å². The van der Waals surface area contributed by atoms with E-state index < -0.39 is 5.97 Å². The van der Waals surface area contributed by atoms with Gasteiger partial charge in [0.25, 0.3) is 0 Å². The van der Waals surface area contributed by atoms with Crippen molar-refractivity contribution in [3.8, 4) is 0 Å². The van der Waals surface area contributed by atoms with Gasteiger partial charge in [0.05, 0.1) is 5.02 Å². The van der Waals surface area contributed by atoms with Crippen LogP contribution in [-0.2, 0) is 0 Å². The van der Waals surface area contributed by atoms with Crippen molar-refractivity contribution < 1.29 is 9.90 Å². The Hall–Kier alpha value is -1.59. The summed E-state index contributed by atoms with van der Waals surface area (Å²) in [5.41, 5.74) is 0.0176. The number of carbonyl (C=O) groups is 1. The van der Waals surface area contributed by atoms with E-state index in [1.807, 2.05) is 0 Å². The molecule has 0 spiro atoms. The summed E-state index contributed by atoms with van der Waals surface area (Å²) >= 11 is 7.08. The minimum absolute atomic E-state index is 0.0176. The molecule has 4 nitrogen and oxygen atoms in total. The molecule has 0 saturated heterocycles. The number of hydrogen-bond donors (Lipinski definition) is 1. The van der Waals surface area contributed by atoms with Gasteiger partial charge in [-0.1, -0.05) is 23.4 Å². The smallest absolute Gasteiger partial charge is 0.354 e. The normalized spacial score (nSPS) is 10.2. The Labute approximate surface area is 107 Å². The number of carboxylic acids is 1. The summed E-state index contributed by atoms with van der Waals surface area (Å²) < 4.78 is 0. The van der Waals surface area contributed by atoms with Crippen LogP contribution in [0.1, 0.15) is 10.5 Å². The molecule has 0 saturated carbocycles. The lowest BCUT2D eigenvalue weighted by atomic mass is 10.3. The van der Waals surface area contributed by atoms with Gasteiger partial charge >= 0.3 is 5.97 Å². The molecule has 6 heteroatoms. The van der Waals surface area contributed by atoms with Crippen LogP contribution in [0.5, 0.6) is 0 Å². The molecule has 0 radical (unpaired) electrons. The molecule has 0 aliphatic heterocycles. The topological polar surface area (TPSA) is 63.1 Å². The maximum atomic E-state index is 10.7. The monoisotopic (exact) mass is 266 g/mol. The van der Waals surface area contributed by atoms with Crippen molar-refractivity contribution in [1.82, 2.24) is 9.97 Å². The van der Waals surface area contributed by atoms with Crippen molar-refractivity contribution in [2.75, 3.05) is 0 Å². The Morgan fingerprint density at radius 2 is 2.12 bits per heavy atom. The number of rotatable bonds is 3. The predicted molar refractivity (Wildman–Crippen MR) is 64.6 cm³/mol. The van der Waals surface area contributed by atoms with E-state index in [2.05, 4.69) is 9.97 Å². The Bertz CT molecular complexity index is 545. The van der Waals surface area contributed by atoms with Crippen LogP contribution in [0.4, 0.5) is 0 Å². The number of aromatic nitrogens is 2. The fourth-order valence-electron chi connectivity index (χ4n) is 1.13. The first-order valence-electron chi connectivity index (χ1n) is 4.64. The Morgan fingerprint density at radius 1 is 1.29 bits per heavy atom. The van der Waals surface area contributed by atoms with Crippen LogP contribution in [0, 0.1) is 0 Å². The number of nitrogens with zero attached hydrogens (tertiary/aromatic N) is 2. The third-order valence-electron chi connectivity index (χ3n) is 1.87. The summed E-state index contributed by atoms with van der Waals surface area (Å²) in [5.74, 6) is -1.04. The molecule has 86 valence electrons. The highest BCUT2D eigenvalue weighted by atomic mass is 35.5. The molecular weight excluding hydrogens is 260 g/mol. The van der Waals surface area contributed by atoms with Gasteiger partial charge in [-0.05, 0) is 24.3 Å². The van der Waals surface area contributed by atoms with E-state index in [-0.39, 0.29) is 5.69 Å². The second-order valence-corrected chi connectivity index (χ2v) is 4.63. The zero-order valence-corrected chi connectivity index (χ0v) is 10.1. The van der Waals surface area contributed by atoms with E-state index in [1.165, 1.54) is 24.0 Å². The first-order chi connectivity index (χ1) is 8.15. The Kier molecular flexibility index (Phi) is 3.61. The van der Waals surface area contributed by atoms with Crippen LogP contribution in [-0.4, -0.2) is 21.0 Å². The summed E-state index contributed by atoms with van der Waals surface area (Å²) in [5, 5.41) is 10.1. The second-order valence-electron chi connectivity index (χ2n) is 3.10. The molecule has 2 aromatic heterocycles. The first kappa shape index (κ1) is 11.9. The molecule has 0 aliphatic carbocycles. The van der Waals surface area contributed by atoms with Gasteiger partial charge in [-0.15, -0.1) is 0 Å². The molecule has 2 heterocycles. The van der Waals surface area contributed by atoms with Gasteiger partial charge in [-0.3, -0.25) is 0 Å². The molecule has 0 bridgehead atoms. The third-order valence-corrected chi connectivity index (χ3v) is 3.04. The lowest BCUT2D eigenvalue weighted by molar-refractivity contribution is 0.0690. The summed E-state index contributed by atoms with van der Waals surface area (Å²) in [4.78, 5) is 19.4. The SMILES string of the molecule is O=C(O)c1cc(Sc2ccc(Cl)cn2)ccn1. The van der Waals surface area contributed by atoms with Crippen LogP contribution < -0.4 is 0 Å². The molecule has 17 heavy (non-hydrogen) atoms. The maximum Gasteiger partial charge on any atom is 0.354 e. The lowest BCUT2D eigenvalue weighted by Gasteiger charge is -2.01. The number of hydrogen-bond acceptors (Lipinski definition) is 4. The molecule has 2 aromatic rings. The van der Waals surface area contributed by atoms with Crippen LogP contribution in [0.2, 0.25) is 5.02 Å². The fraction of sp³-hybridized carbons (Fsp3) is 0. The second kappa shape index (κ2) is 5.16. The maximum absolute atomic E-state index is 10.7. The van der Waals surface area contributed by atoms with Gasteiger partial charge in [0.2, 0.25) is 0 Å². The molecule has 0 atom stereocenters. The van der Waals surface area contributed by atoms with Crippen LogP contribution in [0.25, 0.3) is 0 Å². The van der Waals surface area contributed by atoms with Crippen molar-refractivity contribution in [3.05, 3.63) is 47.4 Å². The van der Waals surface area contributed by atoms with Crippen LogP contribution in [0.15, 0.2) is 46.6 Å². The van der Waals surface area contributed by atoms with Gasteiger partial charge < -0.3 is 5.11 Å². The van der Waals surface area contributed by atoms with E-state index in [1.54, 1.807) is 24.4 Å². The minimum atomic E-state index is -1.04. The molecule has 1 N–H and O–H groups in total. The highest BCUT2D eigenvalue weighted by molar-refractivity contribution is 7.99. The summed E-state index contributed by atoms with van der Waals surface area (Å²) in [6, 6.07) is 6.74. The number of halogens is 1. The molecule has 0 aliphatic rings. The molecule has 0 amide bonds. The molecule has 2 rings (SSSR count). The predicted octanol–water partition coefficient (Wildman–Crippen LogP) is 2.98. The highest BCUT2D eigenvalue weighted by Gasteiger charge is 2.06. The average molecular weight is 267 g/mol. The summed E-state index contributed by atoms with van der Waals surface area (Å²) in [6.45, 7) is 0. The van der Waals surface area contributed by atoms with Crippen molar-refractivity contribution in [1.29, 1.82) is 0 Å². The van der Waals surface area contributed by atoms with E-state index in [0.717, 1.165) is 9.92 Å². The summed E-state index contributed by atoms with van der Waals surface area (Å²) in [7, 11) is 0. The molecule has 0 fully saturated rings. The quantitative estimate of drug-likeness (QED) is 0.925. The van der Waals surface area contributed by atoms with Crippen LogP contribution in [0.3, 0.4) is 0 Å². The first-order valence-corrected chi connectivity index (χ1v) is 5.83. The van der Waals surface area contributed by atoms with E-state index >= 15 is 0 Å². The zero-order valence-electron chi connectivity index (χ0n) is 8.50. The molecule has 0 unspecified atom stereocenters. The average Bonchev–Trinajstić information content (AvgIpc) is 2.32. The van der Waals surface area contributed by atoms with Gasteiger partial charge in [-0.25, -0.2) is 14.8 Å². The van der Waals surface area contributed by atoms with E-state index in [9.17, 15) is 4.79 Å². The van der Waals surface area contributed by atoms with E-state index in [4.69, 9.17) is 16.7 Å². The lowest BCUT2D eigenvalue weighted by Crippen LogP contribution is -1.99. The highest BCUT2D eigenvalue weighted by Crippen LogP contribution is 2.26. The van der Waals surface area contributed by atoms with Gasteiger partial charge in [-0.2, -0.15) is 0 Å². The standard InChI is InChI=1S/C11H7ClN2O2S/c12-7-1-2-10(14-6-7)17-8-3-4-13-9(5-8)11(15)16/h1-6H,(H,15,16). The minimum Gasteiger partial charge on any atom is -0.477 e. The van der Waals surface area contributed by atoms with Crippen molar-refractivity contribution in [2.24, 2.45) is 0 Å². The van der Waals surface area contributed by atoms with Gasteiger partial charge in [0, 0.05) is 17.3 Å². The van der Waals surface area contributed by atoms with E-state index in [0.29, 0.717) is 5.02 Å². The molecular formula is C11H7ClN2O2S. The number of aromatic carboxylic acids is 1.